The van der Waals surface area contributed by atoms with E-state index in [1.54, 1.807) is 6.07 Å². The lowest BCUT2D eigenvalue weighted by Gasteiger charge is -2.09. The van der Waals surface area contributed by atoms with Crippen LogP contribution in [0.5, 0.6) is 5.75 Å². The lowest BCUT2D eigenvalue weighted by molar-refractivity contribution is 0.480. The second kappa shape index (κ2) is 5.10. The maximum absolute atomic E-state index is 10.1. The molecule has 0 radical (unpaired) electrons. The Morgan fingerprint density at radius 2 is 1.30 bits per heavy atom. The summed E-state index contributed by atoms with van der Waals surface area (Å²) in [6.07, 6.45) is 0. The molecule has 2 heteroatoms. The third-order valence-corrected chi connectivity index (χ3v) is 3.35. The zero-order valence-electron chi connectivity index (χ0n) is 11.0. The molecule has 0 bridgehead atoms. The number of anilines is 1. The van der Waals surface area contributed by atoms with Gasteiger partial charge in [-0.1, -0.05) is 60.7 Å². The Morgan fingerprint density at radius 1 is 0.650 bits per heavy atom. The molecule has 20 heavy (non-hydrogen) atoms. The maximum atomic E-state index is 10.1. The van der Waals surface area contributed by atoms with Gasteiger partial charge < -0.3 is 10.8 Å². The lowest BCUT2D eigenvalue weighted by atomic mass is 9.98. The molecule has 0 spiro atoms. The average Bonchev–Trinajstić information content (AvgIpc) is 2.51. The fourth-order valence-electron chi connectivity index (χ4n) is 2.29. The molecular formula is C18H15NO. The van der Waals surface area contributed by atoms with Crippen molar-refractivity contribution in [3.63, 3.8) is 0 Å². The molecule has 0 aliphatic heterocycles. The summed E-state index contributed by atoms with van der Waals surface area (Å²) < 4.78 is 0. The number of hydrogen-bond acceptors (Lipinski definition) is 2. The Kier molecular flexibility index (Phi) is 3.13. The van der Waals surface area contributed by atoms with E-state index in [0.29, 0.717) is 5.69 Å². The van der Waals surface area contributed by atoms with E-state index in [2.05, 4.69) is 24.3 Å². The van der Waals surface area contributed by atoms with E-state index < -0.39 is 0 Å². The van der Waals surface area contributed by atoms with Crippen molar-refractivity contribution < 1.29 is 5.11 Å². The maximum Gasteiger partial charge on any atom is 0.146 e. The summed E-state index contributed by atoms with van der Waals surface area (Å²) in [5, 5.41) is 10.1. The van der Waals surface area contributed by atoms with Gasteiger partial charge in [0.25, 0.3) is 0 Å². The first-order valence-corrected chi connectivity index (χ1v) is 6.49. The molecular weight excluding hydrogens is 246 g/mol. The highest BCUT2D eigenvalue weighted by Gasteiger charge is 2.07. The Labute approximate surface area is 118 Å². The van der Waals surface area contributed by atoms with Crippen LogP contribution in [0.15, 0.2) is 72.8 Å². The number of nitrogen functional groups attached to an aromatic ring is 1. The van der Waals surface area contributed by atoms with Crippen LogP contribution in [-0.2, 0) is 0 Å². The van der Waals surface area contributed by atoms with Crippen molar-refractivity contribution in [2.45, 2.75) is 0 Å². The molecule has 0 heterocycles. The Morgan fingerprint density at radius 3 is 2.10 bits per heavy atom. The van der Waals surface area contributed by atoms with Crippen LogP contribution in [0.25, 0.3) is 22.3 Å². The zero-order chi connectivity index (χ0) is 13.9. The van der Waals surface area contributed by atoms with Gasteiger partial charge in [-0.3, -0.25) is 0 Å². The Hall–Kier alpha value is -2.74. The van der Waals surface area contributed by atoms with Crippen LogP contribution in [0.4, 0.5) is 5.69 Å². The normalized spacial score (nSPS) is 10.4. The van der Waals surface area contributed by atoms with E-state index in [4.69, 9.17) is 5.73 Å². The molecule has 3 aromatic rings. The standard InChI is InChI=1S/C18H15NO/c19-17-11-5-10-16(18(17)20)15-9-4-8-14(12-15)13-6-2-1-3-7-13/h1-12,20H,19H2. The van der Waals surface area contributed by atoms with Crippen molar-refractivity contribution in [1.82, 2.24) is 0 Å². The summed E-state index contributed by atoms with van der Waals surface area (Å²) in [7, 11) is 0. The summed E-state index contributed by atoms with van der Waals surface area (Å²) in [5.74, 6) is 0.137. The van der Waals surface area contributed by atoms with E-state index >= 15 is 0 Å². The molecule has 0 saturated carbocycles. The van der Waals surface area contributed by atoms with Crippen molar-refractivity contribution in [1.29, 1.82) is 0 Å². The monoisotopic (exact) mass is 261 g/mol. The number of hydrogen-bond donors (Lipinski definition) is 2. The summed E-state index contributed by atoms with van der Waals surface area (Å²) in [6.45, 7) is 0. The minimum absolute atomic E-state index is 0.137. The van der Waals surface area contributed by atoms with Crippen molar-refractivity contribution >= 4 is 5.69 Å². The zero-order valence-corrected chi connectivity index (χ0v) is 11.0. The third-order valence-electron chi connectivity index (χ3n) is 3.35. The molecule has 3 N–H and O–H groups in total. The van der Waals surface area contributed by atoms with Gasteiger partial charge in [-0.25, -0.2) is 0 Å². The first-order valence-electron chi connectivity index (χ1n) is 6.49. The van der Waals surface area contributed by atoms with Gasteiger partial charge in [0.2, 0.25) is 0 Å². The molecule has 2 nitrogen and oxygen atoms in total. The molecule has 0 aliphatic rings. The van der Waals surface area contributed by atoms with E-state index in [1.807, 2.05) is 42.5 Å². The summed E-state index contributed by atoms with van der Waals surface area (Å²) in [4.78, 5) is 0. The minimum Gasteiger partial charge on any atom is -0.505 e. The quantitative estimate of drug-likeness (QED) is 0.533. The second-order valence-electron chi connectivity index (χ2n) is 4.69. The molecule has 0 unspecified atom stereocenters. The summed E-state index contributed by atoms with van der Waals surface area (Å²) in [6, 6.07) is 23.6. The molecule has 3 aromatic carbocycles. The van der Waals surface area contributed by atoms with E-state index in [-0.39, 0.29) is 5.75 Å². The lowest BCUT2D eigenvalue weighted by Crippen LogP contribution is -1.88. The van der Waals surface area contributed by atoms with Crippen LogP contribution in [-0.4, -0.2) is 5.11 Å². The van der Waals surface area contributed by atoms with Gasteiger partial charge in [0.1, 0.15) is 5.75 Å². The van der Waals surface area contributed by atoms with Crippen LogP contribution in [0.1, 0.15) is 0 Å². The van der Waals surface area contributed by atoms with Crippen molar-refractivity contribution in [2.24, 2.45) is 0 Å². The second-order valence-corrected chi connectivity index (χ2v) is 4.69. The molecule has 0 saturated heterocycles. The minimum atomic E-state index is 0.137. The number of phenolic OH excluding ortho intramolecular Hbond substituents is 1. The van der Waals surface area contributed by atoms with Crippen LogP contribution < -0.4 is 5.73 Å². The number of rotatable bonds is 2. The summed E-state index contributed by atoms with van der Waals surface area (Å²) >= 11 is 0. The van der Waals surface area contributed by atoms with Crippen LogP contribution in [0.2, 0.25) is 0 Å². The Bertz CT molecular complexity index is 735. The predicted molar refractivity (Wildman–Crippen MR) is 83.4 cm³/mol. The highest BCUT2D eigenvalue weighted by Crippen LogP contribution is 2.35. The van der Waals surface area contributed by atoms with Gasteiger partial charge in [0.05, 0.1) is 5.69 Å². The fraction of sp³-hybridized carbons (Fsp3) is 0. The first-order chi connectivity index (χ1) is 9.75. The molecule has 0 atom stereocenters. The van der Waals surface area contributed by atoms with Gasteiger partial charge in [-0.2, -0.15) is 0 Å². The highest BCUT2D eigenvalue weighted by molar-refractivity contribution is 5.79. The largest absolute Gasteiger partial charge is 0.505 e. The number of para-hydroxylation sites is 1. The van der Waals surface area contributed by atoms with Gasteiger partial charge in [-0.15, -0.1) is 0 Å². The van der Waals surface area contributed by atoms with E-state index in [1.165, 1.54) is 0 Å². The number of nitrogens with two attached hydrogens (primary N) is 1. The number of phenols is 1. The smallest absolute Gasteiger partial charge is 0.146 e. The Balaban J connectivity index is 2.10. The van der Waals surface area contributed by atoms with Crippen LogP contribution in [0.3, 0.4) is 0 Å². The third kappa shape index (κ3) is 2.24. The van der Waals surface area contributed by atoms with Crippen molar-refractivity contribution in [3.8, 4) is 28.0 Å². The van der Waals surface area contributed by atoms with Gasteiger partial charge >= 0.3 is 0 Å². The van der Waals surface area contributed by atoms with E-state index in [0.717, 1.165) is 22.3 Å². The van der Waals surface area contributed by atoms with Crippen molar-refractivity contribution in [3.05, 3.63) is 72.8 Å². The summed E-state index contributed by atoms with van der Waals surface area (Å²) in [5.41, 5.74) is 10.1. The topological polar surface area (TPSA) is 46.2 Å². The average molecular weight is 261 g/mol. The predicted octanol–water partition coefficient (Wildman–Crippen LogP) is 4.31. The van der Waals surface area contributed by atoms with Gasteiger partial charge in [-0.05, 0) is 28.8 Å². The number of benzene rings is 3. The fourth-order valence-corrected chi connectivity index (χ4v) is 2.29. The molecule has 0 amide bonds. The SMILES string of the molecule is Nc1cccc(-c2cccc(-c3ccccc3)c2)c1O. The van der Waals surface area contributed by atoms with E-state index in [9.17, 15) is 5.11 Å². The first kappa shape index (κ1) is 12.3. The van der Waals surface area contributed by atoms with Crippen LogP contribution in [0, 0.1) is 0 Å². The van der Waals surface area contributed by atoms with Gasteiger partial charge in [0.15, 0.2) is 0 Å². The molecule has 0 aliphatic carbocycles. The van der Waals surface area contributed by atoms with Crippen molar-refractivity contribution in [2.75, 3.05) is 5.73 Å². The molecule has 98 valence electrons. The molecule has 0 aromatic heterocycles. The highest BCUT2D eigenvalue weighted by atomic mass is 16.3. The molecule has 3 rings (SSSR count). The molecule has 0 fully saturated rings. The van der Waals surface area contributed by atoms with Crippen LogP contribution >= 0.6 is 0 Å². The van der Waals surface area contributed by atoms with Gasteiger partial charge in [0, 0.05) is 5.56 Å². The number of aromatic hydroxyl groups is 1.